The second kappa shape index (κ2) is 9.25. The van der Waals surface area contributed by atoms with Gasteiger partial charge >= 0.3 is 5.97 Å². The molecule has 0 saturated heterocycles. The number of thioether (sulfide) groups is 1. The van der Waals surface area contributed by atoms with Gasteiger partial charge in [0.1, 0.15) is 0 Å². The summed E-state index contributed by atoms with van der Waals surface area (Å²) in [6.45, 7) is 6.15. The van der Waals surface area contributed by atoms with Crippen LogP contribution < -0.4 is 5.32 Å². The minimum atomic E-state index is -0.368. The molecule has 1 aromatic rings. The van der Waals surface area contributed by atoms with Crippen molar-refractivity contribution < 1.29 is 14.3 Å². The van der Waals surface area contributed by atoms with Crippen LogP contribution in [0, 0.1) is 25.7 Å². The topological polar surface area (TPSA) is 71.0 Å². The molecule has 2 saturated carbocycles. The van der Waals surface area contributed by atoms with Crippen LogP contribution in [0.15, 0.2) is 45.6 Å². The van der Waals surface area contributed by atoms with Crippen molar-refractivity contribution in [2.75, 3.05) is 7.11 Å². The van der Waals surface area contributed by atoms with Crippen molar-refractivity contribution in [2.45, 2.75) is 71.4 Å². The summed E-state index contributed by atoms with van der Waals surface area (Å²) in [6, 6.07) is 6.23. The molecule has 0 spiro atoms. The lowest BCUT2D eigenvalue weighted by molar-refractivity contribution is -0.136. The van der Waals surface area contributed by atoms with E-state index in [4.69, 9.17) is 9.73 Å². The van der Waals surface area contributed by atoms with Crippen LogP contribution in [0.25, 0.3) is 0 Å². The summed E-state index contributed by atoms with van der Waals surface area (Å²) >= 11 is 1.53. The van der Waals surface area contributed by atoms with Crippen molar-refractivity contribution in [1.82, 2.24) is 10.2 Å². The Bertz CT molecular complexity index is 1120. The molecule has 2 bridgehead atoms. The third-order valence-electron chi connectivity index (χ3n) is 7.78. The Balaban J connectivity index is 1.46. The average molecular weight is 480 g/mol. The van der Waals surface area contributed by atoms with Crippen molar-refractivity contribution in [3.05, 3.63) is 57.3 Å². The molecule has 5 rings (SSSR count). The highest BCUT2D eigenvalue weighted by Gasteiger charge is 2.43. The van der Waals surface area contributed by atoms with Crippen molar-refractivity contribution in [2.24, 2.45) is 16.8 Å². The van der Waals surface area contributed by atoms with Crippen molar-refractivity contribution in [3.8, 4) is 0 Å². The van der Waals surface area contributed by atoms with Gasteiger partial charge in [-0.05, 0) is 67.9 Å². The molecule has 180 valence electrons. The van der Waals surface area contributed by atoms with Gasteiger partial charge in [0.2, 0.25) is 5.91 Å². The number of carbonyl (C=O) groups excluding carboxylic acids is 2. The fraction of sp³-hybridized carbons (Fsp3) is 0.519. The number of fused-ring (bicyclic) bond motifs is 3. The number of esters is 1. The largest absolute Gasteiger partial charge is 0.466 e. The SMILES string of the molecule is CCC1=C(C(=O)OC)[C@H](c2ccc(C)cc2C)N2C(CC(=O)N[C@H]3C[C@H]4CC[C@H]3C4)=CSC2=N1. The number of aryl methyl sites for hydroxylation is 2. The maximum atomic E-state index is 13.1. The predicted octanol–water partition coefficient (Wildman–Crippen LogP) is 5.14. The molecule has 2 heterocycles. The molecule has 1 N–H and O–H groups in total. The van der Waals surface area contributed by atoms with Gasteiger partial charge in [-0.25, -0.2) is 9.79 Å². The lowest BCUT2D eigenvalue weighted by Crippen LogP contribution is -2.41. The minimum absolute atomic E-state index is 0.0508. The van der Waals surface area contributed by atoms with Crippen LogP contribution in [0.3, 0.4) is 0 Å². The fourth-order valence-corrected chi connectivity index (χ4v) is 7.12. The monoisotopic (exact) mass is 479 g/mol. The quantitative estimate of drug-likeness (QED) is 0.573. The van der Waals surface area contributed by atoms with Gasteiger partial charge in [-0.1, -0.05) is 48.9 Å². The molecule has 34 heavy (non-hydrogen) atoms. The first-order valence-corrected chi connectivity index (χ1v) is 13.2. The highest BCUT2D eigenvalue weighted by atomic mass is 32.2. The molecule has 0 radical (unpaired) electrons. The molecular formula is C27H33N3O3S. The summed E-state index contributed by atoms with van der Waals surface area (Å²) in [4.78, 5) is 33.1. The molecule has 4 atom stereocenters. The van der Waals surface area contributed by atoms with Gasteiger partial charge in [0, 0.05) is 11.7 Å². The number of nitrogens with one attached hydrogen (secondary N) is 1. The second-order valence-electron chi connectivity index (χ2n) is 9.99. The average Bonchev–Trinajstić information content (AvgIpc) is 3.54. The Kier molecular flexibility index (Phi) is 6.32. The molecule has 2 fully saturated rings. The Morgan fingerprint density at radius 1 is 1.24 bits per heavy atom. The predicted molar refractivity (Wildman–Crippen MR) is 135 cm³/mol. The molecule has 6 nitrogen and oxygen atoms in total. The molecule has 4 aliphatic rings. The molecule has 2 aliphatic carbocycles. The molecule has 1 aromatic carbocycles. The number of ether oxygens (including phenoxy) is 1. The van der Waals surface area contributed by atoms with E-state index in [1.54, 1.807) is 0 Å². The van der Waals surface area contributed by atoms with Crippen LogP contribution in [0.5, 0.6) is 0 Å². The number of hydrogen-bond acceptors (Lipinski definition) is 6. The highest BCUT2D eigenvalue weighted by Crippen LogP contribution is 2.47. The van der Waals surface area contributed by atoms with Crippen LogP contribution >= 0.6 is 11.8 Å². The number of amides is 1. The summed E-state index contributed by atoms with van der Waals surface area (Å²) in [5.41, 5.74) is 5.49. The van der Waals surface area contributed by atoms with Gasteiger partial charge in [0.05, 0.1) is 30.8 Å². The first kappa shape index (κ1) is 23.2. The van der Waals surface area contributed by atoms with Crippen molar-refractivity contribution in [1.29, 1.82) is 0 Å². The van der Waals surface area contributed by atoms with Gasteiger partial charge in [-0.3, -0.25) is 4.79 Å². The maximum absolute atomic E-state index is 13.1. The molecule has 0 aromatic heterocycles. The minimum Gasteiger partial charge on any atom is -0.466 e. The lowest BCUT2D eigenvalue weighted by Gasteiger charge is -2.37. The smallest absolute Gasteiger partial charge is 0.338 e. The van der Waals surface area contributed by atoms with Crippen LogP contribution in [0.4, 0.5) is 0 Å². The standard InChI is InChI=1S/C27H33N3O3S/c1-5-21-24(26(32)33-4)25(20-9-6-15(2)10-16(20)3)30-19(14-34-27(30)29-21)13-23(31)28-22-12-17-7-8-18(22)11-17/h6,9-10,14,17-18,22,25H,5,7-8,11-13H2,1-4H3,(H,28,31)/t17-,18-,22-,25-/m0/s1. The van der Waals surface area contributed by atoms with Gasteiger partial charge in [-0.15, -0.1) is 0 Å². The summed E-state index contributed by atoms with van der Waals surface area (Å²) in [5, 5.41) is 6.15. The molecule has 0 unspecified atom stereocenters. The Morgan fingerprint density at radius 3 is 2.71 bits per heavy atom. The summed E-state index contributed by atoms with van der Waals surface area (Å²) in [7, 11) is 1.42. The number of allylic oxidation sites excluding steroid dienone is 1. The first-order valence-electron chi connectivity index (χ1n) is 12.3. The van der Waals surface area contributed by atoms with E-state index in [0.717, 1.165) is 40.0 Å². The molecule has 7 heteroatoms. The normalized spacial score (nSPS) is 27.5. The van der Waals surface area contributed by atoms with Gasteiger partial charge < -0.3 is 15.0 Å². The Hall–Kier alpha value is -2.54. The Morgan fingerprint density at radius 2 is 2.06 bits per heavy atom. The third kappa shape index (κ3) is 4.08. The van der Waals surface area contributed by atoms with Crippen LogP contribution in [-0.4, -0.2) is 35.1 Å². The fourth-order valence-electron chi connectivity index (χ4n) is 6.18. The summed E-state index contributed by atoms with van der Waals surface area (Å²) < 4.78 is 5.22. The van der Waals surface area contributed by atoms with E-state index >= 15 is 0 Å². The third-order valence-corrected chi connectivity index (χ3v) is 8.66. The number of aliphatic imine (C=N–C) groups is 1. The zero-order chi connectivity index (χ0) is 24.0. The number of amidine groups is 1. The van der Waals surface area contributed by atoms with Gasteiger partial charge in [0.15, 0.2) is 5.17 Å². The van der Waals surface area contributed by atoms with E-state index in [0.29, 0.717) is 24.0 Å². The lowest BCUT2D eigenvalue weighted by atomic mass is 9.89. The Labute approximate surface area is 205 Å². The highest BCUT2D eigenvalue weighted by molar-refractivity contribution is 8.16. The van der Waals surface area contributed by atoms with Crippen LogP contribution in [0.2, 0.25) is 0 Å². The number of rotatable bonds is 6. The van der Waals surface area contributed by atoms with Crippen LogP contribution in [0.1, 0.15) is 68.2 Å². The number of carbonyl (C=O) groups is 2. The second-order valence-corrected chi connectivity index (χ2v) is 10.8. The van der Waals surface area contributed by atoms with E-state index in [-0.39, 0.29) is 24.3 Å². The molecule has 1 amide bonds. The van der Waals surface area contributed by atoms with Gasteiger partial charge in [0.25, 0.3) is 0 Å². The van der Waals surface area contributed by atoms with E-state index in [2.05, 4.69) is 42.3 Å². The zero-order valence-corrected chi connectivity index (χ0v) is 21.2. The maximum Gasteiger partial charge on any atom is 0.338 e. The van der Waals surface area contributed by atoms with Gasteiger partial charge in [-0.2, -0.15) is 0 Å². The van der Waals surface area contributed by atoms with Crippen molar-refractivity contribution >= 4 is 28.8 Å². The van der Waals surface area contributed by atoms with Crippen molar-refractivity contribution in [3.63, 3.8) is 0 Å². The first-order chi connectivity index (χ1) is 16.4. The zero-order valence-electron chi connectivity index (χ0n) is 20.4. The van der Waals surface area contributed by atoms with Crippen LogP contribution in [-0.2, 0) is 14.3 Å². The van der Waals surface area contributed by atoms with E-state index in [1.807, 2.05) is 12.3 Å². The molecular weight excluding hydrogens is 446 g/mol. The van der Waals surface area contributed by atoms with E-state index in [1.165, 1.54) is 43.7 Å². The number of benzene rings is 1. The summed E-state index contributed by atoms with van der Waals surface area (Å²) in [5.74, 6) is 1.10. The molecule has 2 aliphatic heterocycles. The number of methoxy groups -OCH3 is 1. The number of nitrogens with zero attached hydrogens (tertiary/aromatic N) is 2. The summed E-state index contributed by atoms with van der Waals surface area (Å²) in [6.07, 6.45) is 5.82. The van der Waals surface area contributed by atoms with E-state index < -0.39 is 0 Å². The number of hydrogen-bond donors (Lipinski definition) is 1. The van der Waals surface area contributed by atoms with E-state index in [9.17, 15) is 9.59 Å².